The minimum atomic E-state index is -0.279. The average molecular weight is 392 g/mol. The van der Waals surface area contributed by atoms with E-state index < -0.39 is 0 Å². The lowest BCUT2D eigenvalue weighted by Crippen LogP contribution is -2.35. The van der Waals surface area contributed by atoms with Crippen LogP contribution in [0.15, 0.2) is 60.8 Å². The van der Waals surface area contributed by atoms with Crippen LogP contribution < -0.4 is 10.2 Å². The van der Waals surface area contributed by atoms with Gasteiger partial charge in [-0.1, -0.05) is 24.3 Å². The third kappa shape index (κ3) is 3.61. The molecule has 0 atom stereocenters. The number of amides is 2. The molecule has 1 aliphatic heterocycles. The lowest BCUT2D eigenvalue weighted by Gasteiger charge is -2.27. The lowest BCUT2D eigenvalue weighted by molar-refractivity contribution is -0.119. The Bertz CT molecular complexity index is 1070. The number of anilines is 2. The van der Waals surface area contributed by atoms with Crippen LogP contribution in [0.2, 0.25) is 0 Å². The Morgan fingerprint density at radius 3 is 2.61 bits per heavy atom. The van der Waals surface area contributed by atoms with Gasteiger partial charge in [0.15, 0.2) is 4.77 Å². The Morgan fingerprint density at radius 1 is 1.04 bits per heavy atom. The maximum atomic E-state index is 12.9. The van der Waals surface area contributed by atoms with Crippen molar-refractivity contribution < 1.29 is 9.59 Å². The largest absolute Gasteiger partial charge is 0.336 e. The second kappa shape index (κ2) is 7.82. The Labute approximate surface area is 167 Å². The SMILES string of the molecule is O=C(Nc1cccc(N2CCCCC2=O)c1)c1c[nH]c(=S)n1-c1ccccc1. The monoisotopic (exact) mass is 392 g/mol. The van der Waals surface area contributed by atoms with Crippen molar-refractivity contribution in [1.82, 2.24) is 9.55 Å². The molecule has 6 nitrogen and oxygen atoms in total. The topological polar surface area (TPSA) is 70.1 Å². The van der Waals surface area contributed by atoms with Crippen LogP contribution in [0.3, 0.4) is 0 Å². The quantitative estimate of drug-likeness (QED) is 0.650. The fourth-order valence-corrected chi connectivity index (χ4v) is 3.66. The van der Waals surface area contributed by atoms with E-state index in [2.05, 4.69) is 10.3 Å². The number of H-pyrrole nitrogens is 1. The molecule has 0 radical (unpaired) electrons. The van der Waals surface area contributed by atoms with E-state index in [4.69, 9.17) is 12.2 Å². The molecule has 0 aliphatic carbocycles. The first-order valence-electron chi connectivity index (χ1n) is 9.21. The summed E-state index contributed by atoms with van der Waals surface area (Å²) in [7, 11) is 0. The van der Waals surface area contributed by atoms with Gasteiger partial charge < -0.3 is 15.2 Å². The van der Waals surface area contributed by atoms with Crippen molar-refractivity contribution in [1.29, 1.82) is 0 Å². The fraction of sp³-hybridized carbons (Fsp3) is 0.190. The molecule has 7 heteroatoms. The van der Waals surface area contributed by atoms with Crippen LogP contribution in [0.5, 0.6) is 0 Å². The zero-order valence-corrected chi connectivity index (χ0v) is 16.0. The molecular weight excluding hydrogens is 372 g/mol. The van der Waals surface area contributed by atoms with Crippen molar-refractivity contribution in [3.63, 3.8) is 0 Å². The summed E-state index contributed by atoms with van der Waals surface area (Å²) in [6.45, 7) is 0.710. The molecule has 28 heavy (non-hydrogen) atoms. The number of piperidine rings is 1. The number of nitrogens with zero attached hydrogens (tertiary/aromatic N) is 2. The Morgan fingerprint density at radius 2 is 1.82 bits per heavy atom. The summed E-state index contributed by atoms with van der Waals surface area (Å²) < 4.78 is 2.15. The number of imidazole rings is 1. The lowest BCUT2D eigenvalue weighted by atomic mass is 10.1. The zero-order chi connectivity index (χ0) is 19.5. The number of aromatic amines is 1. The first kappa shape index (κ1) is 18.2. The summed E-state index contributed by atoms with van der Waals surface area (Å²) in [4.78, 5) is 29.8. The van der Waals surface area contributed by atoms with E-state index in [1.165, 1.54) is 0 Å². The number of nitrogens with one attached hydrogen (secondary N) is 2. The van der Waals surface area contributed by atoms with Crippen molar-refractivity contribution in [2.75, 3.05) is 16.8 Å². The minimum absolute atomic E-state index is 0.123. The number of carbonyl (C=O) groups is 2. The highest BCUT2D eigenvalue weighted by atomic mass is 32.1. The summed E-state index contributed by atoms with van der Waals surface area (Å²) in [5.41, 5.74) is 2.66. The molecule has 142 valence electrons. The normalized spacial score (nSPS) is 14.1. The van der Waals surface area contributed by atoms with Gasteiger partial charge in [-0.05, 0) is 55.4 Å². The fourth-order valence-electron chi connectivity index (χ4n) is 3.39. The molecule has 1 saturated heterocycles. The van der Waals surface area contributed by atoms with Gasteiger partial charge in [0.1, 0.15) is 5.69 Å². The number of hydrogen-bond acceptors (Lipinski definition) is 3. The molecular formula is C21H20N4O2S. The summed E-state index contributed by atoms with van der Waals surface area (Å²) in [6, 6.07) is 16.8. The van der Waals surface area contributed by atoms with Crippen molar-refractivity contribution in [2.24, 2.45) is 0 Å². The second-order valence-electron chi connectivity index (χ2n) is 6.66. The van der Waals surface area contributed by atoms with Gasteiger partial charge in [0, 0.05) is 36.2 Å². The molecule has 3 aromatic rings. The van der Waals surface area contributed by atoms with E-state index in [0.29, 0.717) is 29.1 Å². The molecule has 4 rings (SSSR count). The van der Waals surface area contributed by atoms with Gasteiger partial charge in [0.25, 0.3) is 5.91 Å². The number of aromatic nitrogens is 2. The van der Waals surface area contributed by atoms with Crippen LogP contribution in [-0.4, -0.2) is 27.9 Å². The van der Waals surface area contributed by atoms with Crippen LogP contribution in [0.4, 0.5) is 11.4 Å². The predicted molar refractivity (Wildman–Crippen MR) is 112 cm³/mol. The molecule has 2 heterocycles. The molecule has 0 spiro atoms. The van der Waals surface area contributed by atoms with Crippen LogP contribution in [-0.2, 0) is 4.79 Å². The Hall–Kier alpha value is -3.19. The highest BCUT2D eigenvalue weighted by molar-refractivity contribution is 7.71. The molecule has 2 aromatic carbocycles. The molecule has 2 amide bonds. The van der Waals surface area contributed by atoms with Crippen LogP contribution in [0, 0.1) is 4.77 Å². The Balaban J connectivity index is 1.59. The van der Waals surface area contributed by atoms with Crippen molar-refractivity contribution in [3.8, 4) is 5.69 Å². The van der Waals surface area contributed by atoms with E-state index in [1.807, 2.05) is 54.6 Å². The molecule has 0 bridgehead atoms. The number of benzene rings is 2. The summed E-state index contributed by atoms with van der Waals surface area (Å²) in [5.74, 6) is -0.156. The van der Waals surface area contributed by atoms with E-state index in [1.54, 1.807) is 15.7 Å². The minimum Gasteiger partial charge on any atom is -0.336 e. The zero-order valence-electron chi connectivity index (χ0n) is 15.2. The highest BCUT2D eigenvalue weighted by Crippen LogP contribution is 2.24. The van der Waals surface area contributed by atoms with Gasteiger partial charge in [0.05, 0.1) is 0 Å². The third-order valence-corrected chi connectivity index (χ3v) is 5.06. The van der Waals surface area contributed by atoms with E-state index in [0.717, 1.165) is 24.2 Å². The molecule has 1 fully saturated rings. The van der Waals surface area contributed by atoms with Gasteiger partial charge in [0.2, 0.25) is 5.91 Å². The predicted octanol–water partition coefficient (Wildman–Crippen LogP) is 4.30. The summed E-state index contributed by atoms with van der Waals surface area (Å²) >= 11 is 5.34. The molecule has 0 saturated carbocycles. The van der Waals surface area contributed by atoms with Crippen molar-refractivity contribution in [2.45, 2.75) is 19.3 Å². The first-order chi connectivity index (χ1) is 13.6. The average Bonchev–Trinajstić information content (AvgIpc) is 3.11. The summed E-state index contributed by atoms with van der Waals surface area (Å²) in [6.07, 6.45) is 4.09. The third-order valence-electron chi connectivity index (χ3n) is 4.76. The smallest absolute Gasteiger partial charge is 0.274 e. The standard InChI is InChI=1S/C21H20N4O2S/c26-19-11-4-5-12-24(19)17-10-6-7-15(13-17)23-20(27)18-14-22-21(28)25(18)16-8-2-1-3-9-16/h1-3,6-10,13-14H,4-5,11-12H2,(H,22,28)(H,23,27). The molecule has 0 unspecified atom stereocenters. The van der Waals surface area contributed by atoms with Gasteiger partial charge in [-0.25, -0.2) is 0 Å². The maximum absolute atomic E-state index is 12.9. The first-order valence-corrected chi connectivity index (χ1v) is 9.62. The summed E-state index contributed by atoms with van der Waals surface area (Å²) in [5, 5.41) is 2.91. The van der Waals surface area contributed by atoms with Crippen LogP contribution in [0.25, 0.3) is 5.69 Å². The van der Waals surface area contributed by atoms with Crippen molar-refractivity contribution in [3.05, 3.63) is 71.3 Å². The van der Waals surface area contributed by atoms with Gasteiger partial charge >= 0.3 is 0 Å². The maximum Gasteiger partial charge on any atom is 0.274 e. The van der Waals surface area contributed by atoms with Crippen LogP contribution >= 0.6 is 12.2 Å². The number of carbonyl (C=O) groups excluding carboxylic acids is 2. The Kier molecular flexibility index (Phi) is 5.08. The van der Waals surface area contributed by atoms with E-state index in [-0.39, 0.29) is 11.8 Å². The molecule has 2 N–H and O–H groups in total. The second-order valence-corrected chi connectivity index (χ2v) is 7.04. The van der Waals surface area contributed by atoms with E-state index in [9.17, 15) is 9.59 Å². The molecule has 1 aromatic heterocycles. The van der Waals surface area contributed by atoms with Crippen molar-refractivity contribution >= 4 is 35.4 Å². The molecule has 1 aliphatic rings. The van der Waals surface area contributed by atoms with Crippen LogP contribution in [0.1, 0.15) is 29.8 Å². The number of rotatable bonds is 4. The number of hydrogen-bond donors (Lipinski definition) is 2. The number of para-hydroxylation sites is 1. The van der Waals surface area contributed by atoms with Gasteiger partial charge in [-0.2, -0.15) is 0 Å². The van der Waals surface area contributed by atoms with E-state index >= 15 is 0 Å². The van der Waals surface area contributed by atoms with Gasteiger partial charge in [-0.15, -0.1) is 0 Å². The highest BCUT2D eigenvalue weighted by Gasteiger charge is 2.20. The van der Waals surface area contributed by atoms with Gasteiger partial charge in [-0.3, -0.25) is 14.2 Å².